The van der Waals surface area contributed by atoms with E-state index in [9.17, 15) is 4.79 Å². The van der Waals surface area contributed by atoms with Crippen molar-refractivity contribution in [3.05, 3.63) is 29.8 Å². The maximum Gasteiger partial charge on any atom is 0.315 e. The Morgan fingerprint density at radius 3 is 2.43 bits per heavy atom. The summed E-state index contributed by atoms with van der Waals surface area (Å²) in [6, 6.07) is 8.06. The normalized spacial score (nSPS) is 13.5. The lowest BCUT2D eigenvalue weighted by molar-refractivity contribution is 0.225. The maximum absolute atomic E-state index is 11.9. The molecule has 0 aliphatic carbocycles. The molecule has 0 saturated heterocycles. The first-order chi connectivity index (χ1) is 10.1. The van der Waals surface area contributed by atoms with E-state index in [4.69, 9.17) is 5.11 Å². The third-order valence-corrected chi connectivity index (χ3v) is 4.24. The van der Waals surface area contributed by atoms with E-state index in [1.54, 1.807) is 11.8 Å². The van der Waals surface area contributed by atoms with E-state index >= 15 is 0 Å². The van der Waals surface area contributed by atoms with Crippen molar-refractivity contribution in [2.24, 2.45) is 0 Å². The number of hydrogen-bond donors (Lipinski definition) is 3. The molecule has 0 fully saturated rings. The second kappa shape index (κ2) is 9.68. The van der Waals surface area contributed by atoms with Crippen LogP contribution in [0, 0.1) is 0 Å². The number of aliphatic hydroxyl groups is 1. The highest BCUT2D eigenvalue weighted by molar-refractivity contribution is 7.99. The summed E-state index contributed by atoms with van der Waals surface area (Å²) in [6.07, 6.45) is 1.40. The average molecular weight is 310 g/mol. The lowest BCUT2D eigenvalue weighted by atomic mass is 10.1. The molecule has 0 aromatic heterocycles. The van der Waals surface area contributed by atoms with Gasteiger partial charge >= 0.3 is 6.03 Å². The van der Waals surface area contributed by atoms with Gasteiger partial charge in [0.2, 0.25) is 0 Å². The molecule has 0 spiro atoms. The Morgan fingerprint density at radius 2 is 1.90 bits per heavy atom. The smallest absolute Gasteiger partial charge is 0.315 e. The fourth-order valence-electron chi connectivity index (χ4n) is 2.06. The first-order valence-corrected chi connectivity index (χ1v) is 8.49. The minimum atomic E-state index is -0.185. The Hall–Kier alpha value is -1.20. The average Bonchev–Trinajstić information content (AvgIpc) is 2.47. The number of hydrogen-bond acceptors (Lipinski definition) is 3. The third-order valence-electron chi connectivity index (χ3n) is 3.34. The predicted molar refractivity (Wildman–Crippen MR) is 88.7 cm³/mol. The molecule has 1 aromatic carbocycles. The Balaban J connectivity index is 2.51. The van der Waals surface area contributed by atoms with Crippen LogP contribution in [-0.2, 0) is 0 Å². The van der Waals surface area contributed by atoms with Gasteiger partial charge in [0.05, 0.1) is 6.04 Å². The summed E-state index contributed by atoms with van der Waals surface area (Å²) in [7, 11) is 0. The van der Waals surface area contributed by atoms with Crippen LogP contribution in [0.25, 0.3) is 0 Å². The number of amides is 2. The molecule has 5 heteroatoms. The minimum absolute atomic E-state index is 0.0190. The van der Waals surface area contributed by atoms with Crippen LogP contribution in [0.5, 0.6) is 0 Å². The van der Waals surface area contributed by atoms with Crippen molar-refractivity contribution in [3.8, 4) is 0 Å². The number of carbonyl (C=O) groups excluding carboxylic acids is 1. The van der Waals surface area contributed by atoms with E-state index in [-0.39, 0.29) is 24.7 Å². The van der Waals surface area contributed by atoms with Crippen LogP contribution in [0.15, 0.2) is 29.2 Å². The quantitative estimate of drug-likeness (QED) is 0.646. The molecule has 0 bridgehead atoms. The van der Waals surface area contributed by atoms with Gasteiger partial charge in [-0.2, -0.15) is 0 Å². The lowest BCUT2D eigenvalue weighted by Gasteiger charge is -2.19. The molecule has 2 unspecified atom stereocenters. The molecule has 1 rings (SSSR count). The molecule has 4 nitrogen and oxygen atoms in total. The fraction of sp³-hybridized carbons (Fsp3) is 0.562. The topological polar surface area (TPSA) is 61.4 Å². The lowest BCUT2D eigenvalue weighted by Crippen LogP contribution is -2.43. The van der Waals surface area contributed by atoms with E-state index in [2.05, 4.69) is 29.7 Å². The van der Waals surface area contributed by atoms with Gasteiger partial charge in [-0.25, -0.2) is 4.79 Å². The number of aliphatic hydroxyl groups excluding tert-OH is 1. The molecule has 0 aliphatic rings. The van der Waals surface area contributed by atoms with E-state index in [0.29, 0.717) is 6.42 Å². The molecule has 0 heterocycles. The summed E-state index contributed by atoms with van der Waals surface area (Å²) in [5, 5.41) is 14.8. The highest BCUT2D eigenvalue weighted by Gasteiger charge is 2.13. The van der Waals surface area contributed by atoms with Gasteiger partial charge in [-0.1, -0.05) is 26.0 Å². The largest absolute Gasteiger partial charge is 0.396 e. The zero-order valence-corrected chi connectivity index (χ0v) is 13.9. The van der Waals surface area contributed by atoms with Gasteiger partial charge in [0, 0.05) is 17.5 Å². The fourth-order valence-corrected chi connectivity index (χ4v) is 2.72. The van der Waals surface area contributed by atoms with Crippen LogP contribution in [0.2, 0.25) is 0 Å². The predicted octanol–water partition coefficient (Wildman–Crippen LogP) is 3.32. The van der Waals surface area contributed by atoms with Crippen molar-refractivity contribution < 1.29 is 9.90 Å². The molecule has 0 saturated carbocycles. The van der Waals surface area contributed by atoms with Crippen molar-refractivity contribution in [3.63, 3.8) is 0 Å². The Morgan fingerprint density at radius 1 is 1.24 bits per heavy atom. The summed E-state index contributed by atoms with van der Waals surface area (Å²) in [5.74, 6) is 1.05. The highest BCUT2D eigenvalue weighted by Crippen LogP contribution is 2.20. The molecule has 0 aliphatic heterocycles. The van der Waals surface area contributed by atoms with Crippen LogP contribution < -0.4 is 10.6 Å². The van der Waals surface area contributed by atoms with E-state index in [1.165, 1.54) is 4.90 Å². The first-order valence-electron chi connectivity index (χ1n) is 7.51. The van der Waals surface area contributed by atoms with Crippen LogP contribution in [0.1, 0.15) is 45.2 Å². The number of thioether (sulfide) groups is 1. The Bertz CT molecular complexity index is 423. The molecule has 118 valence electrons. The Kier molecular flexibility index (Phi) is 8.23. The molecular weight excluding hydrogens is 284 g/mol. The molecule has 2 atom stereocenters. The number of nitrogens with one attached hydrogen (secondary N) is 2. The monoisotopic (exact) mass is 310 g/mol. The zero-order valence-electron chi connectivity index (χ0n) is 13.1. The summed E-state index contributed by atoms with van der Waals surface area (Å²) < 4.78 is 0. The summed E-state index contributed by atoms with van der Waals surface area (Å²) in [4.78, 5) is 13.2. The molecule has 2 amide bonds. The standard InChI is InChI=1S/C16H26N2O2S/c1-4-14(10-11-19)18-16(20)17-12(3)13-6-8-15(9-7-13)21-5-2/h6-9,12,14,19H,4-5,10-11H2,1-3H3,(H2,17,18,20). The van der Waals surface area contributed by atoms with Gasteiger partial charge < -0.3 is 15.7 Å². The molecule has 0 radical (unpaired) electrons. The zero-order chi connectivity index (χ0) is 15.7. The first kappa shape index (κ1) is 17.9. The summed E-state index contributed by atoms with van der Waals surface area (Å²) >= 11 is 1.80. The second-order valence-corrected chi connectivity index (χ2v) is 6.30. The van der Waals surface area contributed by atoms with Crippen LogP contribution in [0.3, 0.4) is 0 Å². The molecule has 1 aromatic rings. The van der Waals surface area contributed by atoms with Gasteiger partial charge in [0.15, 0.2) is 0 Å². The highest BCUT2D eigenvalue weighted by atomic mass is 32.2. The molecule has 3 N–H and O–H groups in total. The third kappa shape index (κ3) is 6.40. The van der Waals surface area contributed by atoms with Gasteiger partial charge in [0.1, 0.15) is 0 Å². The number of urea groups is 1. The van der Waals surface area contributed by atoms with Crippen molar-refractivity contribution >= 4 is 17.8 Å². The van der Waals surface area contributed by atoms with Gasteiger partial charge in [-0.05, 0) is 43.2 Å². The maximum atomic E-state index is 11.9. The van der Waals surface area contributed by atoms with E-state index in [1.807, 2.05) is 26.0 Å². The van der Waals surface area contributed by atoms with Crippen molar-refractivity contribution in [2.75, 3.05) is 12.4 Å². The number of rotatable bonds is 8. The van der Waals surface area contributed by atoms with Crippen LogP contribution >= 0.6 is 11.8 Å². The van der Waals surface area contributed by atoms with Crippen LogP contribution in [-0.4, -0.2) is 29.5 Å². The summed E-state index contributed by atoms with van der Waals surface area (Å²) in [6.45, 7) is 6.18. The van der Waals surface area contributed by atoms with Crippen molar-refractivity contribution in [2.45, 2.75) is 50.6 Å². The summed E-state index contributed by atoms with van der Waals surface area (Å²) in [5.41, 5.74) is 1.08. The molecule has 21 heavy (non-hydrogen) atoms. The number of benzene rings is 1. The van der Waals surface area contributed by atoms with Gasteiger partial charge in [0.25, 0.3) is 0 Å². The van der Waals surface area contributed by atoms with E-state index in [0.717, 1.165) is 17.7 Å². The van der Waals surface area contributed by atoms with Gasteiger partial charge in [-0.15, -0.1) is 11.8 Å². The number of carbonyl (C=O) groups is 1. The van der Waals surface area contributed by atoms with Crippen LogP contribution in [0.4, 0.5) is 4.79 Å². The van der Waals surface area contributed by atoms with Crippen molar-refractivity contribution in [1.29, 1.82) is 0 Å². The SMILES string of the molecule is CCSc1ccc(C(C)NC(=O)NC(CC)CCO)cc1. The van der Waals surface area contributed by atoms with E-state index < -0.39 is 0 Å². The van der Waals surface area contributed by atoms with Crippen molar-refractivity contribution in [1.82, 2.24) is 10.6 Å². The second-order valence-electron chi connectivity index (χ2n) is 4.96. The molecular formula is C16H26N2O2S. The Labute approximate surface area is 131 Å². The minimum Gasteiger partial charge on any atom is -0.396 e. The van der Waals surface area contributed by atoms with Gasteiger partial charge in [-0.3, -0.25) is 0 Å².